The molecule has 130 valence electrons. The van der Waals surface area contributed by atoms with Crippen LogP contribution in [0.3, 0.4) is 0 Å². The fraction of sp³-hybridized carbons (Fsp3) is 0.684. The van der Waals surface area contributed by atoms with E-state index in [0.29, 0.717) is 13.2 Å². The molecule has 2 rings (SSSR count). The molecule has 4 heteroatoms. The number of hydrogen-bond donors (Lipinski definition) is 1. The highest BCUT2D eigenvalue weighted by molar-refractivity contribution is 5.26. The van der Waals surface area contributed by atoms with Crippen molar-refractivity contribution in [3.05, 3.63) is 29.8 Å². The lowest BCUT2D eigenvalue weighted by atomic mass is 9.93. The fourth-order valence-electron chi connectivity index (χ4n) is 3.08. The van der Waals surface area contributed by atoms with Gasteiger partial charge in [-0.2, -0.15) is 0 Å². The topological polar surface area (TPSA) is 35.9 Å². The Morgan fingerprint density at radius 1 is 1.22 bits per heavy atom. The molecule has 0 amide bonds. The van der Waals surface area contributed by atoms with Crippen molar-refractivity contribution in [2.24, 2.45) is 5.92 Å². The first kappa shape index (κ1) is 18.2. The summed E-state index contributed by atoms with van der Waals surface area (Å²) in [7, 11) is 4.28. The van der Waals surface area contributed by atoms with Crippen molar-refractivity contribution in [3.8, 4) is 5.75 Å². The zero-order chi connectivity index (χ0) is 16.7. The average molecular weight is 320 g/mol. The highest BCUT2D eigenvalue weighted by Crippen LogP contribution is 2.20. The second-order valence-electron chi connectivity index (χ2n) is 7.11. The molecular weight excluding hydrogens is 288 g/mol. The van der Waals surface area contributed by atoms with Gasteiger partial charge >= 0.3 is 0 Å². The van der Waals surface area contributed by atoms with Gasteiger partial charge in [0.15, 0.2) is 0 Å². The van der Waals surface area contributed by atoms with Crippen LogP contribution in [0.25, 0.3) is 0 Å². The van der Waals surface area contributed by atoms with Gasteiger partial charge in [-0.15, -0.1) is 0 Å². The lowest BCUT2D eigenvalue weighted by Crippen LogP contribution is -2.41. The Morgan fingerprint density at radius 2 is 1.87 bits per heavy atom. The van der Waals surface area contributed by atoms with Gasteiger partial charge in [-0.3, -0.25) is 0 Å². The van der Waals surface area contributed by atoms with Crippen molar-refractivity contribution in [3.63, 3.8) is 0 Å². The van der Waals surface area contributed by atoms with Gasteiger partial charge in [-0.1, -0.05) is 17.7 Å². The van der Waals surface area contributed by atoms with E-state index in [9.17, 15) is 5.11 Å². The van der Waals surface area contributed by atoms with Gasteiger partial charge < -0.3 is 19.6 Å². The van der Waals surface area contributed by atoms with E-state index >= 15 is 0 Å². The van der Waals surface area contributed by atoms with Crippen LogP contribution in [-0.2, 0) is 0 Å². The number of aliphatic hydroxyl groups excluding tert-OH is 1. The molecule has 1 fully saturated rings. The summed E-state index contributed by atoms with van der Waals surface area (Å²) in [4.78, 5) is 4.63. The molecule has 0 saturated carbocycles. The molecule has 1 heterocycles. The molecule has 1 saturated heterocycles. The van der Waals surface area contributed by atoms with Gasteiger partial charge in [0.1, 0.15) is 18.5 Å². The van der Waals surface area contributed by atoms with Crippen LogP contribution in [-0.4, -0.2) is 67.9 Å². The van der Waals surface area contributed by atoms with E-state index in [1.165, 1.54) is 31.4 Å². The molecule has 0 bridgehead atoms. The summed E-state index contributed by atoms with van der Waals surface area (Å²) in [5, 5.41) is 10.2. The van der Waals surface area contributed by atoms with Crippen molar-refractivity contribution in [2.45, 2.75) is 32.3 Å². The molecule has 1 aromatic carbocycles. The summed E-state index contributed by atoms with van der Waals surface area (Å²) in [5.41, 5.74) is 1.22. The minimum atomic E-state index is -0.422. The van der Waals surface area contributed by atoms with Crippen molar-refractivity contribution in [2.75, 3.05) is 46.9 Å². The number of likely N-dealkylation sites (tertiary alicyclic amines) is 1. The predicted molar refractivity (Wildman–Crippen MR) is 95.0 cm³/mol. The summed E-state index contributed by atoms with van der Waals surface area (Å²) in [6, 6.07) is 7.97. The van der Waals surface area contributed by atoms with E-state index in [4.69, 9.17) is 4.74 Å². The van der Waals surface area contributed by atoms with Crippen LogP contribution in [0, 0.1) is 12.8 Å². The predicted octanol–water partition coefficient (Wildman–Crippen LogP) is 2.40. The Kier molecular flexibility index (Phi) is 7.34. The highest BCUT2D eigenvalue weighted by Gasteiger charge is 2.21. The summed E-state index contributed by atoms with van der Waals surface area (Å²) >= 11 is 0. The maximum atomic E-state index is 10.2. The van der Waals surface area contributed by atoms with Gasteiger partial charge in [0.05, 0.1) is 0 Å². The van der Waals surface area contributed by atoms with E-state index < -0.39 is 6.10 Å². The van der Waals surface area contributed by atoms with Crippen LogP contribution in [0.15, 0.2) is 24.3 Å². The number of benzene rings is 1. The molecule has 1 aromatic rings. The lowest BCUT2D eigenvalue weighted by molar-refractivity contribution is 0.0538. The van der Waals surface area contributed by atoms with Crippen LogP contribution in [0.1, 0.15) is 24.8 Å². The van der Waals surface area contributed by atoms with Crippen LogP contribution in [0.4, 0.5) is 0 Å². The van der Waals surface area contributed by atoms with Crippen LogP contribution >= 0.6 is 0 Å². The highest BCUT2D eigenvalue weighted by atomic mass is 16.5. The third-order valence-corrected chi connectivity index (χ3v) is 4.62. The van der Waals surface area contributed by atoms with Gasteiger partial charge in [0.25, 0.3) is 0 Å². The molecule has 0 radical (unpaired) electrons. The van der Waals surface area contributed by atoms with E-state index in [1.807, 2.05) is 24.3 Å². The standard InChI is InChI=1S/C19H32N2O2/c1-16-4-6-19(7-5-16)23-15-18(22)14-21-12-9-17(10-13-21)8-11-20(2)3/h4-7,17-18,22H,8-15H2,1-3H3. The Balaban J connectivity index is 1.62. The zero-order valence-electron chi connectivity index (χ0n) is 14.9. The molecule has 1 N–H and O–H groups in total. The van der Waals surface area contributed by atoms with Crippen molar-refractivity contribution < 1.29 is 9.84 Å². The quantitative estimate of drug-likeness (QED) is 0.798. The molecular formula is C19H32N2O2. The summed E-state index contributed by atoms with van der Waals surface area (Å²) in [5.74, 6) is 1.67. The Hall–Kier alpha value is -1.10. The molecule has 1 unspecified atom stereocenters. The molecule has 1 aliphatic rings. The van der Waals surface area contributed by atoms with E-state index in [1.54, 1.807) is 0 Å². The van der Waals surface area contributed by atoms with E-state index in [-0.39, 0.29) is 0 Å². The molecule has 23 heavy (non-hydrogen) atoms. The van der Waals surface area contributed by atoms with Gasteiger partial charge in [0, 0.05) is 6.54 Å². The summed E-state index contributed by atoms with van der Waals surface area (Å²) < 4.78 is 5.67. The van der Waals surface area contributed by atoms with E-state index in [2.05, 4.69) is 30.8 Å². The van der Waals surface area contributed by atoms with Gasteiger partial charge in [-0.25, -0.2) is 0 Å². The van der Waals surface area contributed by atoms with Crippen LogP contribution < -0.4 is 4.74 Å². The van der Waals surface area contributed by atoms with Crippen LogP contribution in [0.5, 0.6) is 5.75 Å². The first-order valence-corrected chi connectivity index (χ1v) is 8.77. The second kappa shape index (κ2) is 9.26. The lowest BCUT2D eigenvalue weighted by Gasteiger charge is -2.33. The van der Waals surface area contributed by atoms with Crippen molar-refractivity contribution in [1.29, 1.82) is 0 Å². The van der Waals surface area contributed by atoms with Crippen molar-refractivity contribution >= 4 is 0 Å². The maximum absolute atomic E-state index is 10.2. The Labute approximate surface area is 141 Å². The number of hydrogen-bond acceptors (Lipinski definition) is 4. The number of β-amino-alcohol motifs (C(OH)–C–C–N with tert-alkyl or cyclic N) is 1. The van der Waals surface area contributed by atoms with Gasteiger partial charge in [-0.05, 0) is 78.0 Å². The van der Waals surface area contributed by atoms with Crippen LogP contribution in [0.2, 0.25) is 0 Å². The number of aryl methyl sites for hydroxylation is 1. The Morgan fingerprint density at radius 3 is 2.48 bits per heavy atom. The third-order valence-electron chi connectivity index (χ3n) is 4.62. The summed E-state index contributed by atoms with van der Waals surface area (Å²) in [6.07, 6.45) is 3.37. The maximum Gasteiger partial charge on any atom is 0.119 e. The number of piperidine rings is 1. The summed E-state index contributed by atoms with van der Waals surface area (Å²) in [6.45, 7) is 6.51. The van der Waals surface area contributed by atoms with E-state index in [0.717, 1.165) is 24.8 Å². The zero-order valence-corrected chi connectivity index (χ0v) is 14.9. The SMILES string of the molecule is Cc1ccc(OCC(O)CN2CCC(CCN(C)C)CC2)cc1. The number of nitrogens with zero attached hydrogens (tertiary/aromatic N) is 2. The average Bonchev–Trinajstić information content (AvgIpc) is 2.53. The molecule has 1 aliphatic heterocycles. The number of rotatable bonds is 8. The number of ether oxygens (including phenoxy) is 1. The molecule has 4 nitrogen and oxygen atoms in total. The third kappa shape index (κ3) is 6.90. The second-order valence-corrected chi connectivity index (χ2v) is 7.11. The molecule has 0 spiro atoms. The smallest absolute Gasteiger partial charge is 0.119 e. The Bertz CT molecular complexity index is 439. The fourth-order valence-corrected chi connectivity index (χ4v) is 3.08. The molecule has 0 aliphatic carbocycles. The normalized spacial score (nSPS) is 18.3. The number of aliphatic hydroxyl groups is 1. The van der Waals surface area contributed by atoms with Gasteiger partial charge in [0.2, 0.25) is 0 Å². The monoisotopic (exact) mass is 320 g/mol. The first-order chi connectivity index (χ1) is 11.0. The largest absolute Gasteiger partial charge is 0.491 e. The van der Waals surface area contributed by atoms with Crippen molar-refractivity contribution in [1.82, 2.24) is 9.80 Å². The molecule has 0 aromatic heterocycles. The first-order valence-electron chi connectivity index (χ1n) is 8.77. The minimum absolute atomic E-state index is 0.365. The molecule has 1 atom stereocenters. The minimum Gasteiger partial charge on any atom is -0.491 e.